The molecular weight excluding hydrogens is 444 g/mol. The molecule has 2 aliphatic rings. The molecule has 0 bridgehead atoms. The van der Waals surface area contributed by atoms with Crippen LogP contribution >= 0.6 is 0 Å². The molecule has 4 aromatic rings. The first-order chi connectivity index (χ1) is 17.6. The lowest BCUT2D eigenvalue weighted by Crippen LogP contribution is -2.36. The Morgan fingerprint density at radius 2 is 1.86 bits per heavy atom. The fourth-order valence-electron chi connectivity index (χ4n) is 5.84. The monoisotopic (exact) mass is 478 g/mol. The van der Waals surface area contributed by atoms with E-state index in [1.807, 2.05) is 6.20 Å². The maximum atomic E-state index is 6.42. The summed E-state index contributed by atoms with van der Waals surface area (Å²) < 4.78 is 2.17. The predicted octanol–water partition coefficient (Wildman–Crippen LogP) is 4.36. The van der Waals surface area contributed by atoms with Gasteiger partial charge >= 0.3 is 0 Å². The number of aromatic nitrogens is 3. The van der Waals surface area contributed by atoms with Crippen LogP contribution in [0, 0.1) is 5.92 Å². The summed E-state index contributed by atoms with van der Waals surface area (Å²) in [5.41, 5.74) is 10.5. The maximum absolute atomic E-state index is 6.42. The SMILES string of the molecule is CCN(CC)CC1CC(c2nc(-c3ccc4c(c3)=NC(c3ccccc3)CC=4)c3c(N)nccn23)C1. The third kappa shape index (κ3) is 4.09. The molecule has 1 fully saturated rings. The van der Waals surface area contributed by atoms with E-state index in [1.54, 1.807) is 6.20 Å². The summed E-state index contributed by atoms with van der Waals surface area (Å²) in [6.45, 7) is 7.89. The molecule has 2 aromatic carbocycles. The minimum Gasteiger partial charge on any atom is -0.382 e. The molecule has 1 saturated carbocycles. The van der Waals surface area contributed by atoms with Crippen LogP contribution in [0.2, 0.25) is 0 Å². The average Bonchev–Trinajstić information content (AvgIpc) is 3.28. The van der Waals surface area contributed by atoms with Crippen molar-refractivity contribution in [2.75, 3.05) is 25.4 Å². The molecule has 1 unspecified atom stereocenters. The van der Waals surface area contributed by atoms with Crippen LogP contribution in [0.5, 0.6) is 0 Å². The summed E-state index contributed by atoms with van der Waals surface area (Å²) in [5, 5.41) is 2.19. The average molecular weight is 479 g/mol. The van der Waals surface area contributed by atoms with Gasteiger partial charge in [-0.15, -0.1) is 0 Å². The van der Waals surface area contributed by atoms with E-state index in [2.05, 4.69) is 82.7 Å². The molecule has 0 saturated heterocycles. The molecule has 2 N–H and O–H groups in total. The Morgan fingerprint density at radius 1 is 1.06 bits per heavy atom. The number of fused-ring (bicyclic) bond motifs is 2. The number of rotatable bonds is 7. The Bertz CT molecular complexity index is 1500. The van der Waals surface area contributed by atoms with Gasteiger partial charge in [-0.2, -0.15) is 0 Å². The van der Waals surface area contributed by atoms with Crippen molar-refractivity contribution in [3.63, 3.8) is 0 Å². The zero-order valence-electron chi connectivity index (χ0n) is 21.1. The number of hydrogen-bond acceptors (Lipinski definition) is 5. The molecule has 3 heterocycles. The minimum absolute atomic E-state index is 0.146. The van der Waals surface area contributed by atoms with E-state index in [-0.39, 0.29) is 6.04 Å². The summed E-state index contributed by atoms with van der Waals surface area (Å²) in [4.78, 5) is 17.2. The molecule has 36 heavy (non-hydrogen) atoms. The zero-order chi connectivity index (χ0) is 24.6. The fourth-order valence-corrected chi connectivity index (χ4v) is 5.84. The second kappa shape index (κ2) is 9.51. The molecule has 1 aliphatic carbocycles. The maximum Gasteiger partial charge on any atom is 0.150 e. The quantitative estimate of drug-likeness (QED) is 0.428. The minimum atomic E-state index is 0.146. The number of nitrogens with zero attached hydrogens (tertiary/aromatic N) is 5. The first kappa shape index (κ1) is 22.9. The van der Waals surface area contributed by atoms with Gasteiger partial charge in [0.15, 0.2) is 0 Å². The summed E-state index contributed by atoms with van der Waals surface area (Å²) in [7, 11) is 0. The van der Waals surface area contributed by atoms with E-state index in [4.69, 9.17) is 15.7 Å². The topological polar surface area (TPSA) is 71.8 Å². The third-order valence-corrected chi connectivity index (χ3v) is 7.97. The van der Waals surface area contributed by atoms with Gasteiger partial charge < -0.3 is 10.6 Å². The van der Waals surface area contributed by atoms with Crippen LogP contribution in [0.15, 0.2) is 65.9 Å². The van der Waals surface area contributed by atoms with Gasteiger partial charge in [0.25, 0.3) is 0 Å². The summed E-state index contributed by atoms with van der Waals surface area (Å²) in [6, 6.07) is 17.2. The molecule has 2 aromatic heterocycles. The van der Waals surface area contributed by atoms with Crippen LogP contribution in [0.4, 0.5) is 5.82 Å². The van der Waals surface area contributed by atoms with E-state index < -0.39 is 0 Å². The van der Waals surface area contributed by atoms with Crippen LogP contribution in [0.3, 0.4) is 0 Å². The van der Waals surface area contributed by atoms with Gasteiger partial charge in [-0.1, -0.05) is 62.4 Å². The highest BCUT2D eigenvalue weighted by atomic mass is 15.1. The third-order valence-electron chi connectivity index (χ3n) is 7.97. The molecule has 1 aliphatic heterocycles. The number of imidazole rings is 1. The summed E-state index contributed by atoms with van der Waals surface area (Å²) in [6.07, 6.45) is 9.35. The Balaban J connectivity index is 1.36. The smallest absolute Gasteiger partial charge is 0.150 e. The Morgan fingerprint density at radius 3 is 2.64 bits per heavy atom. The van der Waals surface area contributed by atoms with Gasteiger partial charge in [0.05, 0.1) is 11.4 Å². The Kier molecular flexibility index (Phi) is 6.05. The summed E-state index contributed by atoms with van der Waals surface area (Å²) in [5.74, 6) is 2.81. The van der Waals surface area contributed by atoms with Gasteiger partial charge in [0.2, 0.25) is 0 Å². The van der Waals surface area contributed by atoms with Gasteiger partial charge in [-0.25, -0.2) is 9.97 Å². The number of nitrogens with two attached hydrogens (primary N) is 1. The van der Waals surface area contributed by atoms with Crippen LogP contribution in [0.1, 0.15) is 56.5 Å². The highest BCUT2D eigenvalue weighted by Crippen LogP contribution is 2.43. The van der Waals surface area contributed by atoms with E-state index in [1.165, 1.54) is 30.2 Å². The lowest BCUT2D eigenvalue weighted by molar-refractivity contribution is 0.164. The van der Waals surface area contributed by atoms with Crippen molar-refractivity contribution >= 4 is 17.4 Å². The summed E-state index contributed by atoms with van der Waals surface area (Å²) >= 11 is 0. The van der Waals surface area contributed by atoms with Gasteiger partial charge in [0.1, 0.15) is 22.9 Å². The molecule has 0 spiro atoms. The van der Waals surface area contributed by atoms with Crippen LogP contribution in [-0.2, 0) is 0 Å². The van der Waals surface area contributed by atoms with Crippen molar-refractivity contribution in [1.29, 1.82) is 0 Å². The van der Waals surface area contributed by atoms with Crippen molar-refractivity contribution < 1.29 is 0 Å². The van der Waals surface area contributed by atoms with E-state index in [9.17, 15) is 0 Å². The number of anilines is 1. The molecule has 0 radical (unpaired) electrons. The first-order valence-electron chi connectivity index (χ1n) is 13.2. The normalized spacial score (nSPS) is 21.0. The standard InChI is InChI=1S/C30H34N6/c1-3-35(4-2)19-20-16-24(17-20)30-34-27(28-29(31)32-14-15-36(28)30)23-11-10-22-12-13-25(33-26(22)18-23)21-8-6-5-7-9-21/h5-12,14-15,18,20,24-25H,3-4,13,16-17,19H2,1-2H3,(H2,31,32). The van der Waals surface area contributed by atoms with Crippen LogP contribution in [-0.4, -0.2) is 38.9 Å². The Labute approximate surface area is 212 Å². The van der Waals surface area contributed by atoms with Crippen molar-refractivity contribution in [1.82, 2.24) is 19.3 Å². The van der Waals surface area contributed by atoms with Crippen molar-refractivity contribution in [3.8, 4) is 11.3 Å². The lowest BCUT2D eigenvalue weighted by atomic mass is 9.74. The van der Waals surface area contributed by atoms with Gasteiger partial charge in [-0.05, 0) is 55.1 Å². The second-order valence-corrected chi connectivity index (χ2v) is 10.1. The van der Waals surface area contributed by atoms with Crippen molar-refractivity contribution in [3.05, 3.63) is 82.9 Å². The molecule has 184 valence electrons. The van der Waals surface area contributed by atoms with Gasteiger partial charge in [-0.3, -0.25) is 9.39 Å². The van der Waals surface area contributed by atoms with Crippen molar-refractivity contribution in [2.45, 2.75) is 45.1 Å². The molecule has 1 atom stereocenters. The van der Waals surface area contributed by atoms with Crippen molar-refractivity contribution in [2.24, 2.45) is 10.9 Å². The zero-order valence-corrected chi connectivity index (χ0v) is 21.1. The van der Waals surface area contributed by atoms with Crippen LogP contribution in [0.25, 0.3) is 22.9 Å². The Hall–Kier alpha value is -3.51. The van der Waals surface area contributed by atoms with E-state index in [0.29, 0.717) is 11.7 Å². The molecular formula is C30H34N6. The molecule has 6 rings (SSSR count). The molecule has 6 heteroatoms. The number of benzene rings is 2. The second-order valence-electron chi connectivity index (χ2n) is 10.1. The number of nitrogen functional groups attached to an aromatic ring is 1. The van der Waals surface area contributed by atoms with E-state index in [0.717, 1.165) is 53.4 Å². The highest BCUT2D eigenvalue weighted by molar-refractivity contribution is 5.85. The van der Waals surface area contributed by atoms with Gasteiger partial charge in [0, 0.05) is 30.4 Å². The predicted molar refractivity (Wildman–Crippen MR) is 145 cm³/mol. The highest BCUT2D eigenvalue weighted by Gasteiger charge is 2.35. The van der Waals surface area contributed by atoms with E-state index >= 15 is 0 Å². The largest absolute Gasteiger partial charge is 0.382 e. The number of hydrogen-bond donors (Lipinski definition) is 1. The molecule has 0 amide bonds. The lowest BCUT2D eigenvalue weighted by Gasteiger charge is -2.37. The van der Waals surface area contributed by atoms with Crippen LogP contribution < -0.4 is 16.3 Å². The fraction of sp³-hybridized carbons (Fsp3) is 0.367. The first-order valence-corrected chi connectivity index (χ1v) is 13.2. The molecule has 6 nitrogen and oxygen atoms in total.